The third-order valence-corrected chi connectivity index (χ3v) is 4.96. The van der Waals surface area contributed by atoms with Crippen molar-refractivity contribution in [2.45, 2.75) is 34.1 Å². The summed E-state index contributed by atoms with van der Waals surface area (Å²) in [6.45, 7) is 7.97. The van der Waals surface area contributed by atoms with Gasteiger partial charge in [0.05, 0.1) is 11.1 Å². The first-order chi connectivity index (χ1) is 12.4. The highest BCUT2D eigenvalue weighted by Gasteiger charge is 2.35. The number of aryl methyl sites for hydroxylation is 2. The van der Waals surface area contributed by atoms with Gasteiger partial charge in [0, 0.05) is 11.8 Å². The number of ether oxygens (including phenoxy) is 1. The Morgan fingerprint density at radius 1 is 1.00 bits per heavy atom. The zero-order valence-electron chi connectivity index (χ0n) is 15.7. The number of hydrogen-bond donors (Lipinski definition) is 0. The predicted molar refractivity (Wildman–Crippen MR) is 103 cm³/mol. The maximum Gasteiger partial charge on any atom is 0.343 e. The average Bonchev–Trinajstić information content (AvgIpc) is 2.61. The summed E-state index contributed by atoms with van der Waals surface area (Å²) in [5.74, 6) is 0.0443. The van der Waals surface area contributed by atoms with Crippen molar-refractivity contribution in [1.82, 2.24) is 0 Å². The Morgan fingerprint density at radius 2 is 1.69 bits per heavy atom. The normalized spacial score (nSPS) is 20.2. The van der Waals surface area contributed by atoms with E-state index in [-0.39, 0.29) is 17.6 Å². The lowest BCUT2D eigenvalue weighted by Crippen LogP contribution is -2.27. The quantitative estimate of drug-likeness (QED) is 0.723. The number of carbonyl (C=O) groups excluding carboxylic acids is 2. The molecule has 2 aromatic rings. The number of ketones is 1. The standard InChI is InChI=1S/C23H24O3/c1-14-10-11-19(15(2)12-14)20-21(24)16(3)13-17(4)22(20)26-23(25)18-8-6-5-7-9-18/h5-12,16-17H,13H2,1-4H3. The summed E-state index contributed by atoms with van der Waals surface area (Å²) in [6, 6.07) is 14.9. The van der Waals surface area contributed by atoms with Crippen LogP contribution >= 0.6 is 0 Å². The molecule has 0 radical (unpaired) electrons. The number of rotatable bonds is 3. The summed E-state index contributed by atoms with van der Waals surface area (Å²) < 4.78 is 5.78. The first-order valence-electron chi connectivity index (χ1n) is 9.01. The van der Waals surface area contributed by atoms with Gasteiger partial charge >= 0.3 is 5.97 Å². The van der Waals surface area contributed by atoms with Crippen molar-refractivity contribution in [3.05, 3.63) is 76.5 Å². The van der Waals surface area contributed by atoms with Crippen LogP contribution in [0, 0.1) is 25.7 Å². The van der Waals surface area contributed by atoms with Crippen LogP contribution < -0.4 is 0 Å². The maximum absolute atomic E-state index is 13.0. The first kappa shape index (κ1) is 18.1. The van der Waals surface area contributed by atoms with Crippen molar-refractivity contribution in [1.29, 1.82) is 0 Å². The van der Waals surface area contributed by atoms with E-state index in [1.165, 1.54) is 0 Å². The van der Waals surface area contributed by atoms with Crippen molar-refractivity contribution >= 4 is 17.3 Å². The van der Waals surface area contributed by atoms with Crippen molar-refractivity contribution < 1.29 is 14.3 Å². The molecular weight excluding hydrogens is 324 g/mol. The molecule has 3 heteroatoms. The van der Waals surface area contributed by atoms with E-state index in [2.05, 4.69) is 6.07 Å². The van der Waals surface area contributed by atoms with Gasteiger partial charge in [-0.25, -0.2) is 4.79 Å². The molecule has 0 heterocycles. The Labute approximate surface area is 154 Å². The summed E-state index contributed by atoms with van der Waals surface area (Å²) >= 11 is 0. The molecule has 3 nitrogen and oxygen atoms in total. The van der Waals surface area contributed by atoms with E-state index in [1.807, 2.05) is 45.9 Å². The van der Waals surface area contributed by atoms with Crippen molar-refractivity contribution in [2.75, 3.05) is 0 Å². The molecule has 2 unspecified atom stereocenters. The monoisotopic (exact) mass is 348 g/mol. The second-order valence-electron chi connectivity index (χ2n) is 7.22. The van der Waals surface area contributed by atoms with Gasteiger partial charge in [-0.2, -0.15) is 0 Å². The van der Waals surface area contributed by atoms with Gasteiger partial charge < -0.3 is 4.74 Å². The highest BCUT2D eigenvalue weighted by Crippen LogP contribution is 2.38. The summed E-state index contributed by atoms with van der Waals surface area (Å²) in [7, 11) is 0. The SMILES string of the molecule is Cc1ccc(C2=C(OC(=O)c3ccccc3)C(C)CC(C)C2=O)c(C)c1. The Bertz CT molecular complexity index is 878. The van der Waals surface area contributed by atoms with Crippen molar-refractivity contribution in [3.8, 4) is 0 Å². The number of allylic oxidation sites excluding steroid dienone is 2. The van der Waals surface area contributed by atoms with E-state index in [4.69, 9.17) is 4.74 Å². The fourth-order valence-corrected chi connectivity index (χ4v) is 3.60. The molecule has 1 aliphatic rings. The molecule has 26 heavy (non-hydrogen) atoms. The molecule has 0 spiro atoms. The predicted octanol–water partition coefficient (Wildman–Crippen LogP) is 5.12. The topological polar surface area (TPSA) is 43.4 Å². The molecule has 134 valence electrons. The molecule has 2 atom stereocenters. The molecule has 0 fully saturated rings. The minimum Gasteiger partial charge on any atom is -0.426 e. The van der Waals surface area contributed by atoms with Gasteiger partial charge in [0.1, 0.15) is 5.76 Å². The summed E-state index contributed by atoms with van der Waals surface area (Å²) in [4.78, 5) is 25.6. The number of hydrogen-bond acceptors (Lipinski definition) is 3. The molecule has 0 bridgehead atoms. The van der Waals surface area contributed by atoms with Gasteiger partial charge in [0.15, 0.2) is 5.78 Å². The Balaban J connectivity index is 2.10. The fourth-order valence-electron chi connectivity index (χ4n) is 3.60. The summed E-state index contributed by atoms with van der Waals surface area (Å²) in [5.41, 5.74) is 4.05. The molecule has 0 aliphatic heterocycles. The van der Waals surface area contributed by atoms with E-state index in [1.54, 1.807) is 24.3 Å². The molecule has 0 amide bonds. The highest BCUT2D eigenvalue weighted by molar-refractivity contribution is 6.23. The third-order valence-electron chi connectivity index (χ3n) is 4.96. The second-order valence-corrected chi connectivity index (χ2v) is 7.22. The van der Waals surface area contributed by atoms with Crippen LogP contribution in [0.2, 0.25) is 0 Å². The molecule has 2 aromatic carbocycles. The molecule has 0 N–H and O–H groups in total. The van der Waals surface area contributed by atoms with E-state index >= 15 is 0 Å². The molecule has 0 saturated heterocycles. The summed E-state index contributed by atoms with van der Waals surface area (Å²) in [5, 5.41) is 0. The van der Waals surface area contributed by atoms with Crippen LogP contribution in [0.15, 0.2) is 54.3 Å². The Hall–Kier alpha value is -2.68. The van der Waals surface area contributed by atoms with Crippen molar-refractivity contribution in [2.24, 2.45) is 11.8 Å². The average molecular weight is 348 g/mol. The fraction of sp³-hybridized carbons (Fsp3) is 0.304. The van der Waals surface area contributed by atoms with Crippen LogP contribution in [0.1, 0.15) is 47.3 Å². The van der Waals surface area contributed by atoms with Gasteiger partial charge in [0.2, 0.25) is 0 Å². The van der Waals surface area contributed by atoms with Crippen LogP contribution in [-0.2, 0) is 9.53 Å². The molecule has 1 aliphatic carbocycles. The lowest BCUT2D eigenvalue weighted by atomic mass is 9.78. The van der Waals surface area contributed by atoms with Crippen LogP contribution in [0.4, 0.5) is 0 Å². The van der Waals surface area contributed by atoms with Gasteiger partial charge in [0.25, 0.3) is 0 Å². The lowest BCUT2D eigenvalue weighted by Gasteiger charge is -2.29. The van der Waals surface area contributed by atoms with Crippen LogP contribution in [-0.4, -0.2) is 11.8 Å². The number of benzene rings is 2. The summed E-state index contributed by atoms with van der Waals surface area (Å²) in [6.07, 6.45) is 0.685. The van der Waals surface area contributed by atoms with Gasteiger partial charge in [-0.3, -0.25) is 4.79 Å². The van der Waals surface area contributed by atoms with Crippen LogP contribution in [0.3, 0.4) is 0 Å². The number of esters is 1. The Kier molecular flexibility index (Phi) is 5.08. The lowest BCUT2D eigenvalue weighted by molar-refractivity contribution is -0.118. The van der Waals surface area contributed by atoms with Gasteiger partial charge in [-0.05, 0) is 43.5 Å². The zero-order chi connectivity index (χ0) is 18.8. The Morgan fingerprint density at radius 3 is 2.35 bits per heavy atom. The second kappa shape index (κ2) is 7.28. The number of Topliss-reactive ketones (excluding diaryl/α,β-unsaturated/α-hetero) is 1. The third kappa shape index (κ3) is 3.48. The minimum absolute atomic E-state index is 0.00562. The molecular formula is C23H24O3. The van der Waals surface area contributed by atoms with Crippen LogP contribution in [0.25, 0.3) is 5.57 Å². The smallest absolute Gasteiger partial charge is 0.343 e. The van der Waals surface area contributed by atoms with Crippen LogP contribution in [0.5, 0.6) is 0 Å². The number of carbonyl (C=O) groups is 2. The van der Waals surface area contributed by atoms with Gasteiger partial charge in [-0.1, -0.05) is 55.8 Å². The molecule has 3 rings (SSSR count). The van der Waals surface area contributed by atoms with E-state index in [0.29, 0.717) is 23.3 Å². The largest absolute Gasteiger partial charge is 0.426 e. The first-order valence-corrected chi connectivity index (χ1v) is 9.01. The zero-order valence-corrected chi connectivity index (χ0v) is 15.7. The minimum atomic E-state index is -0.419. The molecule has 0 saturated carbocycles. The maximum atomic E-state index is 13.0. The van der Waals surface area contributed by atoms with E-state index < -0.39 is 5.97 Å². The van der Waals surface area contributed by atoms with Crippen molar-refractivity contribution in [3.63, 3.8) is 0 Å². The van der Waals surface area contributed by atoms with E-state index in [9.17, 15) is 9.59 Å². The highest BCUT2D eigenvalue weighted by atomic mass is 16.5. The van der Waals surface area contributed by atoms with Gasteiger partial charge in [-0.15, -0.1) is 0 Å². The van der Waals surface area contributed by atoms with E-state index in [0.717, 1.165) is 16.7 Å². The molecule has 0 aromatic heterocycles.